The fraction of sp³-hybridized carbons (Fsp3) is 0.188. The third-order valence-electron chi connectivity index (χ3n) is 3.09. The minimum atomic E-state index is 0.684. The average molecular weight is 455 g/mol. The lowest BCUT2D eigenvalue weighted by Crippen LogP contribution is -1.96. The number of ether oxygens (including phenoxy) is 1. The second-order valence-corrected chi connectivity index (χ2v) is 8.79. The number of aromatic nitrogens is 3. The summed E-state index contributed by atoms with van der Waals surface area (Å²) in [6.07, 6.45) is 1.79. The van der Waals surface area contributed by atoms with Crippen molar-refractivity contribution >= 4 is 55.5 Å². The molecule has 2 aromatic heterocycles. The molecule has 5 nitrogen and oxygen atoms in total. The zero-order valence-electron chi connectivity index (χ0n) is 13.4. The number of thioether (sulfide) groups is 1. The number of anilines is 1. The number of benzene rings is 1. The van der Waals surface area contributed by atoms with Gasteiger partial charge >= 0.3 is 0 Å². The van der Waals surface area contributed by atoms with Crippen LogP contribution in [0.4, 0.5) is 5.13 Å². The van der Waals surface area contributed by atoms with Crippen molar-refractivity contribution < 1.29 is 4.74 Å². The molecule has 0 saturated heterocycles. The van der Waals surface area contributed by atoms with Crippen LogP contribution >= 0.6 is 50.4 Å². The second kappa shape index (κ2) is 8.79. The molecule has 0 fully saturated rings. The van der Waals surface area contributed by atoms with Gasteiger partial charge in [0.25, 0.3) is 0 Å². The highest BCUT2D eigenvalue weighted by atomic mass is 79.9. The number of halogens is 1. The van der Waals surface area contributed by atoms with Gasteiger partial charge in [0.05, 0.1) is 18.4 Å². The van der Waals surface area contributed by atoms with Gasteiger partial charge in [-0.2, -0.15) is 0 Å². The van der Waals surface area contributed by atoms with Crippen LogP contribution in [0.3, 0.4) is 0 Å². The molecule has 0 spiro atoms. The monoisotopic (exact) mass is 454 g/mol. The van der Waals surface area contributed by atoms with Crippen LogP contribution in [-0.4, -0.2) is 28.8 Å². The molecular weight excluding hydrogens is 440 g/mol. The maximum atomic E-state index is 5.44. The van der Waals surface area contributed by atoms with Gasteiger partial charge < -0.3 is 10.1 Å². The normalized spacial score (nSPS) is 10.6. The Morgan fingerprint density at radius 2 is 2.28 bits per heavy atom. The van der Waals surface area contributed by atoms with Crippen LogP contribution in [0.1, 0.15) is 5.69 Å². The van der Waals surface area contributed by atoms with Gasteiger partial charge in [0.1, 0.15) is 10.8 Å². The Balaban J connectivity index is 1.67. The molecule has 130 valence electrons. The molecule has 0 unspecified atom stereocenters. The number of hydrogen-bond acceptors (Lipinski definition) is 8. The predicted molar refractivity (Wildman–Crippen MR) is 110 cm³/mol. The predicted octanol–water partition coefficient (Wildman–Crippen LogP) is 5.32. The molecular formula is C16H15BrN4OS3. The van der Waals surface area contributed by atoms with Crippen LogP contribution in [0.5, 0.6) is 5.75 Å². The fourth-order valence-electron chi connectivity index (χ4n) is 1.98. The molecule has 0 aliphatic rings. The molecule has 9 heteroatoms. The molecule has 3 aromatic rings. The van der Waals surface area contributed by atoms with E-state index in [0.717, 1.165) is 41.7 Å². The maximum absolute atomic E-state index is 5.44. The zero-order valence-corrected chi connectivity index (χ0v) is 17.4. The van der Waals surface area contributed by atoms with E-state index >= 15 is 0 Å². The Labute approximate surface area is 166 Å². The van der Waals surface area contributed by atoms with E-state index in [1.54, 1.807) is 36.3 Å². The van der Waals surface area contributed by atoms with Gasteiger partial charge in [0, 0.05) is 22.2 Å². The van der Waals surface area contributed by atoms with Gasteiger partial charge in [0.15, 0.2) is 4.34 Å². The highest BCUT2D eigenvalue weighted by Gasteiger charge is 2.12. The van der Waals surface area contributed by atoms with Gasteiger partial charge in [-0.3, -0.25) is 0 Å². The summed E-state index contributed by atoms with van der Waals surface area (Å²) < 4.78 is 7.36. The lowest BCUT2D eigenvalue weighted by molar-refractivity contribution is 0.416. The largest absolute Gasteiger partial charge is 0.496 e. The standard InChI is InChI=1S/C16H15BrN4OS3/c1-3-6-18-15-20-21-16(25-15)24-9-11-8-23-14(19-11)12-7-10(17)4-5-13(12)22-2/h3-5,7-8H,1,6,9H2,2H3,(H,18,20). The molecule has 3 rings (SSSR count). The fourth-order valence-corrected chi connectivity index (χ4v) is 4.94. The number of nitrogens with zero attached hydrogens (tertiary/aromatic N) is 3. The van der Waals surface area contributed by atoms with Crippen LogP contribution in [-0.2, 0) is 5.75 Å². The summed E-state index contributed by atoms with van der Waals surface area (Å²) in [5, 5.41) is 15.2. The molecule has 0 saturated carbocycles. The molecule has 0 aliphatic heterocycles. The molecule has 0 amide bonds. The molecule has 0 atom stereocenters. The SMILES string of the molecule is C=CCNc1nnc(SCc2csc(-c3cc(Br)ccc3OC)n2)s1. The topological polar surface area (TPSA) is 59.9 Å². The number of nitrogens with one attached hydrogen (secondary N) is 1. The van der Waals surface area contributed by atoms with Crippen LogP contribution in [0, 0.1) is 0 Å². The van der Waals surface area contributed by atoms with Gasteiger partial charge in [-0.1, -0.05) is 45.1 Å². The second-order valence-electron chi connectivity index (χ2n) is 4.82. The summed E-state index contributed by atoms with van der Waals surface area (Å²) in [6.45, 7) is 4.36. The summed E-state index contributed by atoms with van der Waals surface area (Å²) in [5.74, 6) is 1.57. The van der Waals surface area contributed by atoms with Crippen molar-refractivity contribution in [3.63, 3.8) is 0 Å². The molecule has 1 N–H and O–H groups in total. The van der Waals surface area contributed by atoms with Crippen molar-refractivity contribution in [3.8, 4) is 16.3 Å². The van der Waals surface area contributed by atoms with Gasteiger partial charge in [-0.15, -0.1) is 28.1 Å². The van der Waals surface area contributed by atoms with E-state index in [1.807, 2.05) is 18.2 Å². The van der Waals surface area contributed by atoms with Crippen molar-refractivity contribution in [3.05, 3.63) is 46.4 Å². The zero-order chi connectivity index (χ0) is 17.6. The van der Waals surface area contributed by atoms with Crippen molar-refractivity contribution in [2.45, 2.75) is 10.1 Å². The summed E-state index contributed by atoms with van der Waals surface area (Å²) in [6, 6.07) is 5.92. The Morgan fingerprint density at radius 3 is 3.08 bits per heavy atom. The molecule has 1 aromatic carbocycles. The molecule has 0 bridgehead atoms. The van der Waals surface area contributed by atoms with E-state index < -0.39 is 0 Å². The van der Waals surface area contributed by atoms with Crippen molar-refractivity contribution in [1.29, 1.82) is 0 Å². The minimum Gasteiger partial charge on any atom is -0.496 e. The smallest absolute Gasteiger partial charge is 0.206 e. The first-order chi connectivity index (χ1) is 12.2. The lowest BCUT2D eigenvalue weighted by Gasteiger charge is -2.06. The maximum Gasteiger partial charge on any atom is 0.206 e. The van der Waals surface area contributed by atoms with Gasteiger partial charge in [0.2, 0.25) is 5.13 Å². The van der Waals surface area contributed by atoms with Crippen LogP contribution in [0.25, 0.3) is 10.6 Å². The van der Waals surface area contributed by atoms with Crippen molar-refractivity contribution in [1.82, 2.24) is 15.2 Å². The number of thiazole rings is 1. The van der Waals surface area contributed by atoms with Crippen molar-refractivity contribution in [2.24, 2.45) is 0 Å². The highest BCUT2D eigenvalue weighted by molar-refractivity contribution is 9.10. The summed E-state index contributed by atoms with van der Waals surface area (Å²) in [4.78, 5) is 4.73. The highest BCUT2D eigenvalue weighted by Crippen LogP contribution is 2.36. The summed E-state index contributed by atoms with van der Waals surface area (Å²) in [7, 11) is 1.67. The summed E-state index contributed by atoms with van der Waals surface area (Å²) in [5.41, 5.74) is 2.01. The molecule has 2 heterocycles. The van der Waals surface area contributed by atoms with E-state index in [9.17, 15) is 0 Å². The first kappa shape index (κ1) is 18.4. The third-order valence-corrected chi connectivity index (χ3v) is 6.56. The molecule has 0 aliphatic carbocycles. The van der Waals surface area contributed by atoms with E-state index in [1.165, 1.54) is 11.3 Å². The van der Waals surface area contributed by atoms with E-state index in [2.05, 4.69) is 43.4 Å². The summed E-state index contributed by atoms with van der Waals surface area (Å²) >= 11 is 8.28. The Kier molecular flexibility index (Phi) is 6.46. The minimum absolute atomic E-state index is 0.684. The number of methoxy groups -OCH3 is 1. The quantitative estimate of drug-likeness (QED) is 0.366. The first-order valence-corrected chi connectivity index (χ1v) is 10.8. The Hall–Kier alpha value is -1.42. The van der Waals surface area contributed by atoms with Crippen molar-refractivity contribution in [2.75, 3.05) is 19.0 Å². The Bertz CT molecular complexity index is 865. The molecule has 25 heavy (non-hydrogen) atoms. The van der Waals surface area contributed by atoms with Gasteiger partial charge in [-0.25, -0.2) is 4.98 Å². The lowest BCUT2D eigenvalue weighted by atomic mass is 10.2. The first-order valence-electron chi connectivity index (χ1n) is 7.29. The number of hydrogen-bond donors (Lipinski definition) is 1. The van der Waals surface area contributed by atoms with Crippen LogP contribution in [0.15, 0.2) is 45.0 Å². The van der Waals surface area contributed by atoms with E-state index in [0.29, 0.717) is 6.54 Å². The van der Waals surface area contributed by atoms with Crippen LogP contribution < -0.4 is 10.1 Å². The number of rotatable bonds is 8. The van der Waals surface area contributed by atoms with Crippen LogP contribution in [0.2, 0.25) is 0 Å². The average Bonchev–Trinajstić information content (AvgIpc) is 3.27. The van der Waals surface area contributed by atoms with E-state index in [4.69, 9.17) is 9.72 Å². The van der Waals surface area contributed by atoms with Gasteiger partial charge in [-0.05, 0) is 18.2 Å². The van der Waals surface area contributed by atoms with E-state index in [-0.39, 0.29) is 0 Å². The molecule has 0 radical (unpaired) electrons. The third kappa shape index (κ3) is 4.81. The Morgan fingerprint density at radius 1 is 1.40 bits per heavy atom.